The number of H-pyrrole nitrogens is 1. The SMILES string of the molecule is CSCCC(NC(=O)C(CC(C)C)NC(=O)C(Cc1c[nH]c2ccccc12)NC(=O)C(C)N)C(=O)O. The van der Waals surface area contributed by atoms with Crippen LogP contribution in [0.25, 0.3) is 10.9 Å². The van der Waals surface area contributed by atoms with E-state index < -0.39 is 47.9 Å². The van der Waals surface area contributed by atoms with Gasteiger partial charge in [0.1, 0.15) is 18.1 Å². The van der Waals surface area contributed by atoms with E-state index in [1.165, 1.54) is 18.7 Å². The molecule has 0 radical (unpaired) electrons. The highest BCUT2D eigenvalue weighted by Gasteiger charge is 2.30. The molecular formula is C25H37N5O5S. The minimum atomic E-state index is -1.13. The number of hydrogen-bond acceptors (Lipinski definition) is 6. The van der Waals surface area contributed by atoms with Crippen LogP contribution in [0.1, 0.15) is 39.2 Å². The average Bonchev–Trinajstić information content (AvgIpc) is 3.22. The molecule has 0 saturated heterocycles. The van der Waals surface area contributed by atoms with Gasteiger partial charge in [-0.05, 0) is 49.3 Å². The zero-order valence-corrected chi connectivity index (χ0v) is 22.0. The summed E-state index contributed by atoms with van der Waals surface area (Å²) in [5.41, 5.74) is 7.43. The van der Waals surface area contributed by atoms with Crippen LogP contribution in [-0.2, 0) is 25.6 Å². The molecule has 0 bridgehead atoms. The van der Waals surface area contributed by atoms with Crippen LogP contribution >= 0.6 is 11.8 Å². The summed E-state index contributed by atoms with van der Waals surface area (Å²) in [5, 5.41) is 18.4. The van der Waals surface area contributed by atoms with Gasteiger partial charge in [-0.2, -0.15) is 11.8 Å². The number of benzene rings is 1. The van der Waals surface area contributed by atoms with Crippen molar-refractivity contribution in [2.24, 2.45) is 11.7 Å². The maximum atomic E-state index is 13.4. The van der Waals surface area contributed by atoms with Gasteiger partial charge in [0.25, 0.3) is 0 Å². The molecule has 10 nitrogen and oxygen atoms in total. The van der Waals surface area contributed by atoms with Gasteiger partial charge in [0.2, 0.25) is 17.7 Å². The van der Waals surface area contributed by atoms with Gasteiger partial charge in [-0.3, -0.25) is 14.4 Å². The lowest BCUT2D eigenvalue weighted by Crippen LogP contribution is -2.57. The van der Waals surface area contributed by atoms with E-state index >= 15 is 0 Å². The first-order valence-corrected chi connectivity index (χ1v) is 13.4. The number of carboxylic acids is 1. The van der Waals surface area contributed by atoms with Crippen LogP contribution in [0.3, 0.4) is 0 Å². The normalized spacial score (nSPS) is 14.6. The van der Waals surface area contributed by atoms with Crippen LogP contribution in [0.2, 0.25) is 0 Å². The van der Waals surface area contributed by atoms with E-state index in [-0.39, 0.29) is 18.8 Å². The Labute approximate surface area is 215 Å². The highest BCUT2D eigenvalue weighted by atomic mass is 32.2. The molecule has 198 valence electrons. The Balaban J connectivity index is 2.25. The number of aliphatic carboxylic acids is 1. The molecule has 2 aromatic rings. The second-order valence-electron chi connectivity index (χ2n) is 9.29. The van der Waals surface area contributed by atoms with Gasteiger partial charge in [-0.25, -0.2) is 4.79 Å². The fourth-order valence-electron chi connectivity index (χ4n) is 3.77. The number of thioether (sulfide) groups is 1. The Morgan fingerprint density at radius 2 is 1.58 bits per heavy atom. The van der Waals surface area contributed by atoms with E-state index in [0.29, 0.717) is 12.2 Å². The fraction of sp³-hybridized carbons (Fsp3) is 0.520. The number of fused-ring (bicyclic) bond motifs is 1. The molecule has 7 N–H and O–H groups in total. The van der Waals surface area contributed by atoms with Crippen molar-refractivity contribution < 1.29 is 24.3 Å². The van der Waals surface area contributed by atoms with E-state index in [2.05, 4.69) is 20.9 Å². The highest BCUT2D eigenvalue weighted by molar-refractivity contribution is 7.98. The zero-order chi connectivity index (χ0) is 26.8. The first-order valence-electron chi connectivity index (χ1n) is 12.0. The molecule has 0 spiro atoms. The average molecular weight is 520 g/mol. The Bertz CT molecular complexity index is 1050. The van der Waals surface area contributed by atoms with Gasteiger partial charge in [0.15, 0.2) is 0 Å². The molecule has 1 aromatic carbocycles. The van der Waals surface area contributed by atoms with E-state index in [0.717, 1.165) is 16.5 Å². The Hall–Kier alpha value is -3.05. The number of nitrogens with one attached hydrogen (secondary N) is 4. The van der Waals surface area contributed by atoms with E-state index in [4.69, 9.17) is 5.73 Å². The monoisotopic (exact) mass is 519 g/mol. The third-order valence-electron chi connectivity index (χ3n) is 5.71. The topological polar surface area (TPSA) is 166 Å². The number of carbonyl (C=O) groups excluding carboxylic acids is 3. The van der Waals surface area contributed by atoms with E-state index in [1.54, 1.807) is 6.20 Å². The third kappa shape index (κ3) is 8.56. The van der Waals surface area contributed by atoms with Crippen LogP contribution < -0.4 is 21.7 Å². The lowest BCUT2D eigenvalue weighted by molar-refractivity contribution is -0.142. The van der Waals surface area contributed by atoms with Crippen molar-refractivity contribution in [3.63, 3.8) is 0 Å². The number of aromatic nitrogens is 1. The number of para-hydroxylation sites is 1. The molecule has 0 fully saturated rings. The summed E-state index contributed by atoms with van der Waals surface area (Å²) in [4.78, 5) is 53.6. The number of amides is 3. The molecule has 0 aliphatic carbocycles. The molecule has 0 aliphatic rings. The lowest BCUT2D eigenvalue weighted by atomic mass is 10.00. The first-order chi connectivity index (χ1) is 17.0. The molecule has 2 rings (SSSR count). The Kier molecular flexibility index (Phi) is 11.3. The fourth-order valence-corrected chi connectivity index (χ4v) is 4.24. The Morgan fingerprint density at radius 3 is 2.19 bits per heavy atom. The van der Waals surface area contributed by atoms with Crippen molar-refractivity contribution in [2.75, 3.05) is 12.0 Å². The molecule has 4 unspecified atom stereocenters. The molecule has 1 heterocycles. The Morgan fingerprint density at radius 1 is 0.972 bits per heavy atom. The van der Waals surface area contributed by atoms with Gasteiger partial charge >= 0.3 is 5.97 Å². The van der Waals surface area contributed by atoms with Crippen molar-refractivity contribution in [3.8, 4) is 0 Å². The summed E-state index contributed by atoms with van der Waals surface area (Å²) >= 11 is 1.48. The maximum Gasteiger partial charge on any atom is 0.326 e. The van der Waals surface area contributed by atoms with Crippen LogP contribution in [-0.4, -0.2) is 70.0 Å². The first kappa shape index (κ1) is 29.2. The number of hydrogen-bond donors (Lipinski definition) is 6. The molecule has 3 amide bonds. The van der Waals surface area contributed by atoms with Gasteiger partial charge in [-0.1, -0.05) is 32.0 Å². The molecular weight excluding hydrogens is 482 g/mol. The third-order valence-corrected chi connectivity index (χ3v) is 6.35. The second kappa shape index (κ2) is 13.9. The van der Waals surface area contributed by atoms with Gasteiger partial charge in [-0.15, -0.1) is 0 Å². The molecule has 4 atom stereocenters. The second-order valence-corrected chi connectivity index (χ2v) is 10.3. The summed E-state index contributed by atoms with van der Waals surface area (Å²) in [6.07, 6.45) is 4.37. The molecule has 1 aromatic heterocycles. The summed E-state index contributed by atoms with van der Waals surface area (Å²) in [6.45, 7) is 5.32. The van der Waals surface area contributed by atoms with E-state index in [9.17, 15) is 24.3 Å². The molecule has 0 saturated carbocycles. The number of nitrogens with two attached hydrogens (primary N) is 1. The number of rotatable bonds is 14. The van der Waals surface area contributed by atoms with Crippen LogP contribution in [0.5, 0.6) is 0 Å². The standard InChI is InChI=1S/C25H37N5O5S/c1-14(2)11-20(23(32)28-19(25(34)35)9-10-36-4)30-24(33)21(29-22(31)15(3)26)12-16-13-27-18-8-6-5-7-17(16)18/h5-8,13-15,19-21,27H,9-12,26H2,1-4H3,(H,28,32)(H,29,31)(H,30,33)(H,34,35). The predicted octanol–water partition coefficient (Wildman–Crippen LogP) is 1.40. The van der Waals surface area contributed by atoms with Crippen molar-refractivity contribution in [1.82, 2.24) is 20.9 Å². The quantitative estimate of drug-likeness (QED) is 0.219. The van der Waals surface area contributed by atoms with Crippen LogP contribution in [0.15, 0.2) is 30.5 Å². The summed E-state index contributed by atoms with van der Waals surface area (Å²) in [6, 6.07) is 3.76. The predicted molar refractivity (Wildman–Crippen MR) is 142 cm³/mol. The lowest BCUT2D eigenvalue weighted by Gasteiger charge is -2.26. The van der Waals surface area contributed by atoms with Gasteiger partial charge < -0.3 is 31.8 Å². The van der Waals surface area contributed by atoms with Gasteiger partial charge in [0, 0.05) is 23.5 Å². The molecule has 36 heavy (non-hydrogen) atoms. The maximum absolute atomic E-state index is 13.4. The zero-order valence-electron chi connectivity index (χ0n) is 21.2. The summed E-state index contributed by atoms with van der Waals surface area (Å²) in [5.74, 6) is -2.15. The van der Waals surface area contributed by atoms with Crippen molar-refractivity contribution in [1.29, 1.82) is 0 Å². The smallest absolute Gasteiger partial charge is 0.326 e. The minimum absolute atomic E-state index is 0.0428. The summed E-state index contributed by atoms with van der Waals surface area (Å²) in [7, 11) is 0. The summed E-state index contributed by atoms with van der Waals surface area (Å²) < 4.78 is 0. The molecule has 0 aliphatic heterocycles. The van der Waals surface area contributed by atoms with Gasteiger partial charge in [0.05, 0.1) is 6.04 Å². The van der Waals surface area contributed by atoms with E-state index in [1.807, 2.05) is 44.4 Å². The number of aromatic amines is 1. The highest BCUT2D eigenvalue weighted by Crippen LogP contribution is 2.19. The number of carbonyl (C=O) groups is 4. The van der Waals surface area contributed by atoms with Crippen molar-refractivity contribution in [3.05, 3.63) is 36.0 Å². The van der Waals surface area contributed by atoms with Crippen molar-refractivity contribution >= 4 is 46.4 Å². The minimum Gasteiger partial charge on any atom is -0.480 e. The van der Waals surface area contributed by atoms with Crippen LogP contribution in [0.4, 0.5) is 0 Å². The molecule has 11 heteroatoms. The largest absolute Gasteiger partial charge is 0.480 e. The van der Waals surface area contributed by atoms with Crippen molar-refractivity contribution in [2.45, 2.75) is 64.2 Å². The van der Waals surface area contributed by atoms with Crippen LogP contribution in [0, 0.1) is 5.92 Å². The number of carboxylic acid groups (broad SMARTS) is 1.